The number of carbonyl (C=O) groups is 2. The van der Waals surface area contributed by atoms with Crippen molar-refractivity contribution < 1.29 is 9.59 Å². The molecule has 2 rings (SSSR count). The Morgan fingerprint density at radius 1 is 0.970 bits per heavy atom. The molecule has 0 saturated heterocycles. The van der Waals surface area contributed by atoms with E-state index in [0.717, 1.165) is 44.1 Å². The Balaban J connectivity index is 0.00000544. The molecule has 0 heterocycles. The third-order valence-corrected chi connectivity index (χ3v) is 4.80. The van der Waals surface area contributed by atoms with Crippen molar-refractivity contribution in [2.75, 3.05) is 37.6 Å². The van der Waals surface area contributed by atoms with Gasteiger partial charge in [0, 0.05) is 37.4 Å². The molecule has 0 aliphatic carbocycles. The number of para-hydroxylation sites is 1. The van der Waals surface area contributed by atoms with Gasteiger partial charge in [0.05, 0.1) is 13.1 Å². The number of primary amides is 1. The van der Waals surface area contributed by atoms with Crippen LogP contribution in [0.4, 0.5) is 5.69 Å². The molecule has 0 atom stereocenters. The van der Waals surface area contributed by atoms with Crippen LogP contribution in [0.25, 0.3) is 0 Å². The molecule has 0 aliphatic rings. The smallest absolute Gasteiger partial charge is 0.251 e. The van der Waals surface area contributed by atoms with Crippen molar-refractivity contribution in [2.45, 2.75) is 26.8 Å². The van der Waals surface area contributed by atoms with Crippen molar-refractivity contribution in [3.8, 4) is 0 Å². The monoisotopic (exact) mass is 566 g/mol. The highest BCUT2D eigenvalue weighted by Gasteiger charge is 2.07. The molecule has 5 N–H and O–H groups in total. The third-order valence-electron chi connectivity index (χ3n) is 4.80. The van der Waals surface area contributed by atoms with Gasteiger partial charge in [-0.2, -0.15) is 0 Å². The van der Waals surface area contributed by atoms with Crippen LogP contribution in [0.15, 0.2) is 59.6 Å². The molecule has 2 aromatic carbocycles. The predicted molar refractivity (Wildman–Crippen MR) is 145 cm³/mol. The van der Waals surface area contributed by atoms with Crippen molar-refractivity contribution in [2.24, 2.45) is 10.7 Å². The van der Waals surface area contributed by atoms with Gasteiger partial charge >= 0.3 is 0 Å². The number of anilines is 1. The van der Waals surface area contributed by atoms with E-state index in [9.17, 15) is 9.59 Å². The molecule has 9 heteroatoms. The zero-order valence-electron chi connectivity index (χ0n) is 19.3. The lowest BCUT2D eigenvalue weighted by Gasteiger charge is -2.23. The fourth-order valence-electron chi connectivity index (χ4n) is 3.13. The van der Waals surface area contributed by atoms with E-state index >= 15 is 0 Å². The Morgan fingerprint density at radius 2 is 1.67 bits per heavy atom. The second-order valence-electron chi connectivity index (χ2n) is 7.24. The fourth-order valence-corrected chi connectivity index (χ4v) is 3.13. The van der Waals surface area contributed by atoms with Gasteiger partial charge in [-0.25, -0.2) is 4.99 Å². The van der Waals surface area contributed by atoms with Gasteiger partial charge in [0.15, 0.2) is 5.96 Å². The molecule has 0 spiro atoms. The van der Waals surface area contributed by atoms with E-state index in [4.69, 9.17) is 5.73 Å². The number of guanidine groups is 1. The van der Waals surface area contributed by atoms with E-state index in [2.05, 4.69) is 57.0 Å². The van der Waals surface area contributed by atoms with E-state index < -0.39 is 5.91 Å². The standard InChI is InChI=1S/C24H34N6O2.HI/c1-3-26-24(27-15-8-16-30(4-2)21-9-6-5-7-10-21)29-17-19-11-13-20(14-12-19)23(32)28-18-22(25)31;/h5-7,9-14H,3-4,8,15-18H2,1-2H3,(H2,25,31)(H,28,32)(H2,26,27,29);1H. The quantitative estimate of drug-likeness (QED) is 0.137. The first-order valence-corrected chi connectivity index (χ1v) is 11.0. The Bertz CT molecular complexity index is 874. The van der Waals surface area contributed by atoms with Crippen molar-refractivity contribution in [1.29, 1.82) is 0 Å². The van der Waals surface area contributed by atoms with E-state index in [1.54, 1.807) is 12.1 Å². The minimum Gasteiger partial charge on any atom is -0.372 e. The van der Waals surface area contributed by atoms with Crippen LogP contribution in [0.5, 0.6) is 0 Å². The number of nitrogens with two attached hydrogens (primary N) is 1. The normalized spacial score (nSPS) is 10.7. The van der Waals surface area contributed by atoms with Gasteiger partial charge in [-0.15, -0.1) is 24.0 Å². The zero-order chi connectivity index (χ0) is 23.2. The van der Waals surface area contributed by atoms with Crippen molar-refractivity contribution in [1.82, 2.24) is 16.0 Å². The molecule has 0 fully saturated rings. The number of amides is 2. The molecule has 2 aromatic rings. The van der Waals surface area contributed by atoms with E-state index in [-0.39, 0.29) is 36.4 Å². The van der Waals surface area contributed by atoms with Crippen LogP contribution in [0.2, 0.25) is 0 Å². The topological polar surface area (TPSA) is 112 Å². The Kier molecular flexibility index (Phi) is 13.6. The molecule has 180 valence electrons. The maximum absolute atomic E-state index is 11.9. The van der Waals surface area contributed by atoms with Crippen molar-refractivity contribution in [3.63, 3.8) is 0 Å². The van der Waals surface area contributed by atoms with Gasteiger partial charge in [-0.1, -0.05) is 30.3 Å². The SMILES string of the molecule is CCNC(=NCc1ccc(C(=O)NCC(N)=O)cc1)NCCCN(CC)c1ccccc1.I. The molecule has 8 nitrogen and oxygen atoms in total. The summed E-state index contributed by atoms with van der Waals surface area (Å²) in [6, 6.07) is 17.6. The number of nitrogens with one attached hydrogen (secondary N) is 3. The molecular formula is C24H35IN6O2. The molecule has 0 unspecified atom stereocenters. The summed E-state index contributed by atoms with van der Waals surface area (Å²) < 4.78 is 0. The first kappa shape index (κ1) is 28.2. The number of halogens is 1. The summed E-state index contributed by atoms with van der Waals surface area (Å²) in [5.74, 6) is -0.140. The molecule has 0 bridgehead atoms. The van der Waals surface area contributed by atoms with Crippen molar-refractivity contribution >= 4 is 47.4 Å². The van der Waals surface area contributed by atoms with Crippen LogP contribution in [0.1, 0.15) is 36.2 Å². The third kappa shape index (κ3) is 10.6. The number of aliphatic imine (C=N–C) groups is 1. The van der Waals surface area contributed by atoms with Crippen LogP contribution in [-0.4, -0.2) is 50.5 Å². The summed E-state index contributed by atoms with van der Waals surface area (Å²) in [5.41, 5.74) is 7.74. The molecule has 0 radical (unpaired) electrons. The molecule has 0 aliphatic heterocycles. The zero-order valence-corrected chi connectivity index (χ0v) is 21.7. The number of hydrogen-bond acceptors (Lipinski definition) is 4. The number of carbonyl (C=O) groups excluding carboxylic acids is 2. The van der Waals surface area contributed by atoms with Crippen LogP contribution >= 0.6 is 24.0 Å². The molecular weight excluding hydrogens is 531 g/mol. The highest BCUT2D eigenvalue weighted by molar-refractivity contribution is 14.0. The van der Waals surface area contributed by atoms with Gasteiger partial charge in [-0.3, -0.25) is 9.59 Å². The summed E-state index contributed by atoms with van der Waals surface area (Å²) in [6.07, 6.45) is 0.988. The van der Waals surface area contributed by atoms with Crippen LogP contribution in [-0.2, 0) is 11.3 Å². The Morgan fingerprint density at radius 3 is 2.27 bits per heavy atom. The van der Waals surface area contributed by atoms with Crippen LogP contribution < -0.4 is 26.6 Å². The van der Waals surface area contributed by atoms with Crippen LogP contribution in [0.3, 0.4) is 0 Å². The first-order chi connectivity index (χ1) is 15.5. The predicted octanol–water partition coefficient (Wildman–Crippen LogP) is 2.49. The Labute approximate surface area is 213 Å². The Hall–Kier alpha value is -2.82. The second kappa shape index (κ2) is 15.9. The number of benzene rings is 2. The van der Waals surface area contributed by atoms with Gasteiger partial charge in [0.25, 0.3) is 5.91 Å². The van der Waals surface area contributed by atoms with E-state index in [1.165, 1.54) is 5.69 Å². The van der Waals surface area contributed by atoms with E-state index in [0.29, 0.717) is 12.1 Å². The fraction of sp³-hybridized carbons (Fsp3) is 0.375. The number of nitrogens with zero attached hydrogens (tertiary/aromatic N) is 2. The maximum Gasteiger partial charge on any atom is 0.251 e. The summed E-state index contributed by atoms with van der Waals surface area (Å²) in [6.45, 7) is 8.03. The number of rotatable bonds is 12. The van der Waals surface area contributed by atoms with Gasteiger partial charge in [0.2, 0.25) is 5.91 Å². The molecule has 0 saturated carbocycles. The van der Waals surface area contributed by atoms with Crippen LogP contribution in [0, 0.1) is 0 Å². The summed E-state index contributed by atoms with van der Waals surface area (Å²) >= 11 is 0. The number of hydrogen-bond donors (Lipinski definition) is 4. The summed E-state index contributed by atoms with van der Waals surface area (Å²) in [4.78, 5) is 29.7. The minimum absolute atomic E-state index is 0. The molecule has 0 aromatic heterocycles. The lowest BCUT2D eigenvalue weighted by molar-refractivity contribution is -0.117. The first-order valence-electron chi connectivity index (χ1n) is 11.0. The summed E-state index contributed by atoms with van der Waals surface area (Å²) in [5, 5.41) is 9.12. The lowest BCUT2D eigenvalue weighted by atomic mass is 10.1. The second-order valence-corrected chi connectivity index (χ2v) is 7.24. The highest BCUT2D eigenvalue weighted by atomic mass is 127. The van der Waals surface area contributed by atoms with Gasteiger partial charge in [0.1, 0.15) is 0 Å². The minimum atomic E-state index is -0.574. The van der Waals surface area contributed by atoms with Gasteiger partial charge in [-0.05, 0) is 50.1 Å². The largest absolute Gasteiger partial charge is 0.372 e. The van der Waals surface area contributed by atoms with Gasteiger partial charge < -0.3 is 26.6 Å². The maximum atomic E-state index is 11.9. The van der Waals surface area contributed by atoms with E-state index in [1.807, 2.05) is 25.1 Å². The highest BCUT2D eigenvalue weighted by Crippen LogP contribution is 2.12. The molecule has 33 heavy (non-hydrogen) atoms. The average Bonchev–Trinajstić information content (AvgIpc) is 2.81. The van der Waals surface area contributed by atoms with Crippen molar-refractivity contribution in [3.05, 3.63) is 65.7 Å². The average molecular weight is 566 g/mol. The molecule has 2 amide bonds. The lowest BCUT2D eigenvalue weighted by Crippen LogP contribution is -2.38. The summed E-state index contributed by atoms with van der Waals surface area (Å²) in [7, 11) is 0.